The van der Waals surface area contributed by atoms with Crippen LogP contribution in [-0.4, -0.2) is 43.6 Å². The molecule has 2 aliphatic rings. The summed E-state index contributed by atoms with van der Waals surface area (Å²) in [5.74, 6) is 1.17. The Morgan fingerprint density at radius 3 is 2.62 bits per heavy atom. The van der Waals surface area contributed by atoms with E-state index in [2.05, 4.69) is 11.8 Å². The minimum absolute atomic E-state index is 0.0210. The monoisotopic (exact) mass is 428 g/mol. The summed E-state index contributed by atoms with van der Waals surface area (Å²) >= 11 is 6.63. The molecule has 0 radical (unpaired) electrons. The fourth-order valence-corrected chi connectivity index (χ4v) is 5.24. The van der Waals surface area contributed by atoms with E-state index < -0.39 is 0 Å². The highest BCUT2D eigenvalue weighted by molar-refractivity contribution is 8.26. The van der Waals surface area contributed by atoms with Gasteiger partial charge in [-0.3, -0.25) is 18.9 Å². The average Bonchev–Trinajstić information content (AvgIpc) is 2.98. The summed E-state index contributed by atoms with van der Waals surface area (Å²) in [5.41, 5.74) is 0.893. The Balaban J connectivity index is 1.85. The molecule has 0 aliphatic carbocycles. The maximum Gasteiger partial charge on any atom is 0.267 e. The van der Waals surface area contributed by atoms with Gasteiger partial charge in [0, 0.05) is 25.3 Å². The Labute approximate surface area is 179 Å². The number of aromatic nitrogens is 2. The molecule has 152 valence electrons. The number of carbonyl (C=O) groups excluding carboxylic acids is 1. The molecule has 0 N–H and O–H groups in total. The zero-order valence-electron chi connectivity index (χ0n) is 16.8. The summed E-state index contributed by atoms with van der Waals surface area (Å²) in [6, 6.07) is 5.49. The van der Waals surface area contributed by atoms with Crippen LogP contribution in [0.5, 0.6) is 0 Å². The van der Waals surface area contributed by atoms with E-state index in [0.717, 1.165) is 25.9 Å². The third-order valence-corrected chi connectivity index (χ3v) is 6.78. The highest BCUT2D eigenvalue weighted by Crippen LogP contribution is 2.35. The Morgan fingerprint density at radius 1 is 1.24 bits per heavy atom. The van der Waals surface area contributed by atoms with Crippen LogP contribution in [0.3, 0.4) is 0 Å². The van der Waals surface area contributed by atoms with Crippen molar-refractivity contribution >= 4 is 51.7 Å². The van der Waals surface area contributed by atoms with Crippen molar-refractivity contribution in [2.24, 2.45) is 5.92 Å². The predicted octanol–water partition coefficient (Wildman–Crippen LogP) is 3.54. The minimum Gasteiger partial charge on any atom is -0.356 e. The van der Waals surface area contributed by atoms with Gasteiger partial charge in [-0.25, -0.2) is 4.98 Å². The second-order valence-corrected chi connectivity index (χ2v) is 9.57. The highest BCUT2D eigenvalue weighted by Gasteiger charge is 2.34. The summed E-state index contributed by atoms with van der Waals surface area (Å²) in [6.45, 7) is 7.81. The number of thioether (sulfide) groups is 1. The third-order valence-electron chi connectivity index (χ3n) is 5.45. The molecule has 2 aromatic heterocycles. The maximum absolute atomic E-state index is 13.3. The van der Waals surface area contributed by atoms with Gasteiger partial charge in [-0.05, 0) is 50.8 Å². The molecular formula is C21H24N4O2S2. The molecule has 29 heavy (non-hydrogen) atoms. The lowest BCUT2D eigenvalue weighted by Crippen LogP contribution is -2.36. The standard InChI is InChI=1S/C21H24N4O2S2/c1-13(2)25-20(27)16(29-21(25)28)12-15-18(23-10-7-14(3)8-11-23)22-17-6-4-5-9-24(17)19(15)26/h4-6,9,12-14H,7-8,10-11H2,1-3H3/b16-12-. The van der Waals surface area contributed by atoms with Crippen LogP contribution >= 0.6 is 24.0 Å². The SMILES string of the molecule is CC1CCN(c2nc3ccccn3c(=O)c2/C=C2\SC(=S)N(C(C)C)C2=O)CC1. The lowest BCUT2D eigenvalue weighted by Gasteiger charge is -2.32. The van der Waals surface area contributed by atoms with Crippen molar-refractivity contribution in [1.29, 1.82) is 0 Å². The van der Waals surface area contributed by atoms with E-state index in [1.807, 2.05) is 26.0 Å². The van der Waals surface area contributed by atoms with Crippen LogP contribution in [0, 0.1) is 5.92 Å². The molecule has 6 nitrogen and oxygen atoms in total. The van der Waals surface area contributed by atoms with Crippen LogP contribution in [-0.2, 0) is 4.79 Å². The van der Waals surface area contributed by atoms with Crippen molar-refractivity contribution < 1.29 is 4.79 Å². The molecule has 0 atom stereocenters. The lowest BCUT2D eigenvalue weighted by molar-refractivity contribution is -0.123. The van der Waals surface area contributed by atoms with Crippen molar-refractivity contribution in [3.63, 3.8) is 0 Å². The number of fused-ring (bicyclic) bond motifs is 1. The number of rotatable bonds is 3. The molecule has 8 heteroatoms. The van der Waals surface area contributed by atoms with E-state index in [9.17, 15) is 9.59 Å². The van der Waals surface area contributed by atoms with Gasteiger partial charge in [0.15, 0.2) is 0 Å². The van der Waals surface area contributed by atoms with Crippen LogP contribution < -0.4 is 10.5 Å². The smallest absolute Gasteiger partial charge is 0.267 e. The molecule has 0 saturated carbocycles. The summed E-state index contributed by atoms with van der Waals surface area (Å²) in [5, 5.41) is 0. The number of amides is 1. The van der Waals surface area contributed by atoms with Crippen molar-refractivity contribution in [1.82, 2.24) is 14.3 Å². The number of hydrogen-bond acceptors (Lipinski definition) is 6. The molecule has 2 aliphatic heterocycles. The molecule has 1 amide bonds. The van der Waals surface area contributed by atoms with E-state index in [0.29, 0.717) is 32.2 Å². The largest absolute Gasteiger partial charge is 0.356 e. The first-order valence-corrected chi connectivity index (χ1v) is 11.1. The summed E-state index contributed by atoms with van der Waals surface area (Å²) < 4.78 is 2.06. The van der Waals surface area contributed by atoms with Crippen LogP contribution in [0.25, 0.3) is 11.7 Å². The number of piperidine rings is 1. The number of nitrogens with zero attached hydrogens (tertiary/aromatic N) is 4. The first-order chi connectivity index (χ1) is 13.9. The number of pyridine rings is 1. The average molecular weight is 429 g/mol. The molecule has 0 spiro atoms. The van der Waals surface area contributed by atoms with E-state index >= 15 is 0 Å². The Hall–Kier alpha value is -2.19. The van der Waals surface area contributed by atoms with Crippen molar-refractivity contribution in [2.45, 2.75) is 39.7 Å². The number of anilines is 1. The quantitative estimate of drug-likeness (QED) is 0.551. The molecule has 0 unspecified atom stereocenters. The van der Waals surface area contributed by atoms with Gasteiger partial charge in [-0.2, -0.15) is 0 Å². The normalized spacial score (nSPS) is 19.9. The van der Waals surface area contributed by atoms with Crippen LogP contribution in [0.1, 0.15) is 39.2 Å². The highest BCUT2D eigenvalue weighted by atomic mass is 32.2. The van der Waals surface area contributed by atoms with Crippen molar-refractivity contribution in [3.05, 3.63) is 45.2 Å². The van der Waals surface area contributed by atoms with Crippen molar-refractivity contribution in [2.75, 3.05) is 18.0 Å². The van der Waals surface area contributed by atoms with Gasteiger partial charge in [0.2, 0.25) is 0 Å². The summed E-state index contributed by atoms with van der Waals surface area (Å²) in [4.78, 5) is 35.3. The van der Waals surface area contributed by atoms with Gasteiger partial charge < -0.3 is 4.90 Å². The Kier molecular flexibility index (Phi) is 5.48. The second kappa shape index (κ2) is 7.91. The third kappa shape index (κ3) is 3.71. The first kappa shape index (κ1) is 20.1. The van der Waals surface area contributed by atoms with Gasteiger partial charge >= 0.3 is 0 Å². The molecule has 2 aromatic rings. The second-order valence-electron chi connectivity index (χ2n) is 7.90. The van der Waals surface area contributed by atoms with Gasteiger partial charge in [0.25, 0.3) is 11.5 Å². The van der Waals surface area contributed by atoms with Gasteiger partial charge in [0.05, 0.1) is 10.5 Å². The molecule has 2 fully saturated rings. The first-order valence-electron chi connectivity index (χ1n) is 9.90. The van der Waals surface area contributed by atoms with Crippen LogP contribution in [0.2, 0.25) is 0 Å². The molecule has 2 saturated heterocycles. The number of carbonyl (C=O) groups is 1. The van der Waals surface area contributed by atoms with E-state index in [-0.39, 0.29) is 17.5 Å². The molecule has 4 heterocycles. The number of thiocarbonyl (C=S) groups is 1. The van der Waals surface area contributed by atoms with Gasteiger partial charge in [0.1, 0.15) is 15.8 Å². The van der Waals surface area contributed by atoms with Crippen molar-refractivity contribution in [3.8, 4) is 0 Å². The minimum atomic E-state index is -0.168. The zero-order valence-corrected chi connectivity index (χ0v) is 18.4. The fraction of sp³-hybridized carbons (Fsp3) is 0.429. The predicted molar refractivity (Wildman–Crippen MR) is 122 cm³/mol. The lowest BCUT2D eigenvalue weighted by atomic mass is 9.99. The van der Waals surface area contributed by atoms with Crippen LogP contribution in [0.4, 0.5) is 5.82 Å². The summed E-state index contributed by atoms with van der Waals surface area (Å²) in [7, 11) is 0. The molecule has 4 rings (SSSR count). The molecule has 0 bridgehead atoms. The van der Waals surface area contributed by atoms with E-state index in [4.69, 9.17) is 17.2 Å². The zero-order chi connectivity index (χ0) is 20.7. The fourth-order valence-electron chi connectivity index (χ4n) is 3.73. The van der Waals surface area contributed by atoms with Crippen LogP contribution in [0.15, 0.2) is 34.1 Å². The van der Waals surface area contributed by atoms with Gasteiger partial charge in [-0.1, -0.05) is 37.0 Å². The topological polar surface area (TPSA) is 57.9 Å². The molecule has 0 aromatic carbocycles. The van der Waals surface area contributed by atoms with E-state index in [1.165, 1.54) is 16.2 Å². The Bertz CT molecular complexity index is 1070. The Morgan fingerprint density at radius 2 is 1.97 bits per heavy atom. The number of hydrogen-bond donors (Lipinski definition) is 0. The van der Waals surface area contributed by atoms with E-state index in [1.54, 1.807) is 23.2 Å². The van der Waals surface area contributed by atoms with Gasteiger partial charge in [-0.15, -0.1) is 0 Å². The summed E-state index contributed by atoms with van der Waals surface area (Å²) in [6.07, 6.45) is 5.52. The maximum atomic E-state index is 13.3. The molecular weight excluding hydrogens is 404 g/mol.